The Kier molecular flexibility index (Phi) is 5.29. The van der Waals surface area contributed by atoms with Gasteiger partial charge in [0.25, 0.3) is 0 Å². The highest BCUT2D eigenvalue weighted by atomic mass is 32.2. The lowest BCUT2D eigenvalue weighted by Gasteiger charge is -2.32. The quantitative estimate of drug-likeness (QED) is 0.653. The Morgan fingerprint density at radius 3 is 2.57 bits per heavy atom. The molecule has 0 heterocycles. The monoisotopic (exact) mass is 340 g/mol. The largest absolute Gasteiger partial charge is 0.377 e. The van der Waals surface area contributed by atoms with Gasteiger partial charge < -0.3 is 5.32 Å². The first-order valence-electron chi connectivity index (χ1n) is 7.94. The van der Waals surface area contributed by atoms with Gasteiger partial charge in [-0.2, -0.15) is 0 Å². The minimum Gasteiger partial charge on any atom is -0.377 e. The molecule has 2 unspecified atom stereocenters. The summed E-state index contributed by atoms with van der Waals surface area (Å²) in [5.74, 6) is 1.18. The van der Waals surface area contributed by atoms with E-state index in [2.05, 4.69) is 19.2 Å². The van der Waals surface area contributed by atoms with E-state index in [1.807, 2.05) is 0 Å². The summed E-state index contributed by atoms with van der Waals surface area (Å²) >= 11 is 0. The highest BCUT2D eigenvalue weighted by molar-refractivity contribution is 7.90. The third-order valence-electron chi connectivity index (χ3n) is 4.60. The summed E-state index contributed by atoms with van der Waals surface area (Å²) in [6.07, 6.45) is 5.16. The van der Waals surface area contributed by atoms with Crippen LogP contribution in [-0.4, -0.2) is 25.6 Å². The smallest absolute Gasteiger partial charge is 0.310 e. The van der Waals surface area contributed by atoms with Crippen molar-refractivity contribution in [2.75, 3.05) is 11.6 Å². The van der Waals surface area contributed by atoms with Crippen LogP contribution in [0.4, 0.5) is 11.4 Å². The lowest BCUT2D eigenvalue weighted by Crippen LogP contribution is -2.29. The number of hydrogen-bond acceptors (Lipinski definition) is 5. The van der Waals surface area contributed by atoms with Gasteiger partial charge >= 0.3 is 5.69 Å². The average Bonchev–Trinajstić information content (AvgIpc) is 2.46. The second-order valence-corrected chi connectivity index (χ2v) is 8.68. The molecule has 2 atom stereocenters. The van der Waals surface area contributed by atoms with E-state index in [0.717, 1.165) is 25.5 Å². The van der Waals surface area contributed by atoms with E-state index >= 15 is 0 Å². The molecule has 0 radical (unpaired) electrons. The number of nitrogens with zero attached hydrogens (tertiary/aromatic N) is 1. The number of nitrogens with one attached hydrogen (secondary N) is 1. The Balaban J connectivity index is 2.31. The Morgan fingerprint density at radius 2 is 2.00 bits per heavy atom. The van der Waals surface area contributed by atoms with Crippen LogP contribution in [-0.2, 0) is 9.84 Å². The summed E-state index contributed by atoms with van der Waals surface area (Å²) in [5, 5.41) is 14.6. The molecule has 6 nitrogen and oxygen atoms in total. The van der Waals surface area contributed by atoms with Crippen molar-refractivity contribution >= 4 is 21.2 Å². The van der Waals surface area contributed by atoms with Crippen molar-refractivity contribution in [2.24, 2.45) is 11.8 Å². The fourth-order valence-corrected chi connectivity index (χ4v) is 4.17. The number of rotatable bonds is 5. The van der Waals surface area contributed by atoms with Gasteiger partial charge in [0.2, 0.25) is 0 Å². The first kappa shape index (κ1) is 17.7. The minimum absolute atomic E-state index is 0.143. The van der Waals surface area contributed by atoms with Crippen LogP contribution in [0.1, 0.15) is 39.5 Å². The van der Waals surface area contributed by atoms with E-state index in [1.165, 1.54) is 12.5 Å². The van der Waals surface area contributed by atoms with E-state index in [-0.39, 0.29) is 16.6 Å². The molecule has 2 rings (SSSR count). The van der Waals surface area contributed by atoms with Crippen molar-refractivity contribution in [3.8, 4) is 0 Å². The van der Waals surface area contributed by atoms with Gasteiger partial charge in [0.1, 0.15) is 10.6 Å². The summed E-state index contributed by atoms with van der Waals surface area (Å²) in [6.45, 7) is 4.39. The molecular weight excluding hydrogens is 316 g/mol. The van der Waals surface area contributed by atoms with Crippen LogP contribution in [0.25, 0.3) is 0 Å². The first-order valence-corrected chi connectivity index (χ1v) is 9.83. The van der Waals surface area contributed by atoms with Crippen molar-refractivity contribution < 1.29 is 13.3 Å². The molecular formula is C16H24N2O4S. The minimum atomic E-state index is -3.65. The topological polar surface area (TPSA) is 89.3 Å². The molecule has 23 heavy (non-hydrogen) atoms. The molecule has 7 heteroatoms. The van der Waals surface area contributed by atoms with Crippen LogP contribution in [0.3, 0.4) is 0 Å². The first-order chi connectivity index (χ1) is 10.7. The number of anilines is 1. The number of nitro benzene ring substituents is 1. The van der Waals surface area contributed by atoms with E-state index in [4.69, 9.17) is 0 Å². The van der Waals surface area contributed by atoms with Gasteiger partial charge in [-0.25, -0.2) is 8.42 Å². The SMILES string of the molecule is CC(C)C1CCCC(Nc2cccc(S(C)(=O)=O)c2[N+](=O)[O-])C1. The summed E-state index contributed by atoms with van der Waals surface area (Å²) in [7, 11) is -3.65. The van der Waals surface area contributed by atoms with Crippen molar-refractivity contribution in [1.29, 1.82) is 0 Å². The number of sulfone groups is 1. The highest BCUT2D eigenvalue weighted by Crippen LogP contribution is 2.36. The van der Waals surface area contributed by atoms with Gasteiger partial charge in [0.15, 0.2) is 9.84 Å². The zero-order valence-corrected chi connectivity index (χ0v) is 14.6. The van der Waals surface area contributed by atoms with Gasteiger partial charge in [0.05, 0.1) is 4.92 Å². The van der Waals surface area contributed by atoms with Gasteiger partial charge in [-0.1, -0.05) is 32.8 Å². The van der Waals surface area contributed by atoms with Gasteiger partial charge in [-0.05, 0) is 36.8 Å². The second kappa shape index (κ2) is 6.86. The maximum Gasteiger partial charge on any atom is 0.310 e. The molecule has 1 saturated carbocycles. The van der Waals surface area contributed by atoms with E-state index < -0.39 is 14.8 Å². The van der Waals surface area contributed by atoms with Crippen molar-refractivity contribution in [1.82, 2.24) is 0 Å². The Bertz CT molecular complexity index is 685. The molecule has 1 aromatic rings. The van der Waals surface area contributed by atoms with Gasteiger partial charge in [-0.15, -0.1) is 0 Å². The predicted octanol–water partition coefficient (Wildman–Crippen LogP) is 3.63. The van der Waals surface area contributed by atoms with Crippen molar-refractivity contribution in [3.63, 3.8) is 0 Å². The maximum absolute atomic E-state index is 11.8. The van der Waals surface area contributed by atoms with Gasteiger partial charge in [-0.3, -0.25) is 10.1 Å². The fourth-order valence-electron chi connectivity index (χ4n) is 3.31. The standard InChI is InChI=1S/C16H24N2O4S/c1-11(2)12-6-4-7-13(10-12)17-14-8-5-9-15(23(3,21)22)16(14)18(19)20/h5,8-9,11-13,17H,4,6-7,10H2,1-3H3. The molecule has 0 amide bonds. The number of para-hydroxylation sites is 1. The normalized spacial score (nSPS) is 22.1. The molecule has 1 N–H and O–H groups in total. The molecule has 1 fully saturated rings. The molecule has 0 aliphatic heterocycles. The number of nitro groups is 1. The van der Waals surface area contributed by atoms with Crippen LogP contribution < -0.4 is 5.32 Å². The summed E-state index contributed by atoms with van der Waals surface area (Å²) < 4.78 is 23.6. The second-order valence-electron chi connectivity index (χ2n) is 6.69. The molecule has 0 bridgehead atoms. The Labute approximate surface area is 137 Å². The van der Waals surface area contributed by atoms with Crippen molar-refractivity contribution in [2.45, 2.75) is 50.5 Å². The third kappa shape index (κ3) is 4.22. The van der Waals surface area contributed by atoms with Crippen molar-refractivity contribution in [3.05, 3.63) is 28.3 Å². The van der Waals surface area contributed by atoms with E-state index in [0.29, 0.717) is 17.5 Å². The molecule has 1 aliphatic carbocycles. The number of benzene rings is 1. The molecule has 1 aromatic carbocycles. The summed E-state index contributed by atoms with van der Waals surface area (Å²) in [4.78, 5) is 10.6. The summed E-state index contributed by atoms with van der Waals surface area (Å²) in [5.41, 5.74) is -0.0472. The lowest BCUT2D eigenvalue weighted by atomic mass is 9.79. The lowest BCUT2D eigenvalue weighted by molar-refractivity contribution is -0.386. The highest BCUT2D eigenvalue weighted by Gasteiger charge is 2.29. The zero-order valence-electron chi connectivity index (χ0n) is 13.8. The maximum atomic E-state index is 11.8. The van der Waals surface area contributed by atoms with Gasteiger partial charge in [0, 0.05) is 12.3 Å². The Morgan fingerprint density at radius 1 is 1.30 bits per heavy atom. The van der Waals surface area contributed by atoms with E-state index in [9.17, 15) is 18.5 Å². The van der Waals surface area contributed by atoms with Crippen LogP contribution in [0.15, 0.2) is 23.1 Å². The van der Waals surface area contributed by atoms with Crippen LogP contribution in [0, 0.1) is 22.0 Å². The average molecular weight is 340 g/mol. The van der Waals surface area contributed by atoms with Crippen LogP contribution in [0.2, 0.25) is 0 Å². The fraction of sp³-hybridized carbons (Fsp3) is 0.625. The third-order valence-corrected chi connectivity index (χ3v) is 5.73. The van der Waals surface area contributed by atoms with E-state index in [1.54, 1.807) is 12.1 Å². The van der Waals surface area contributed by atoms with Crippen LogP contribution >= 0.6 is 0 Å². The molecule has 0 saturated heterocycles. The molecule has 0 spiro atoms. The molecule has 128 valence electrons. The molecule has 1 aliphatic rings. The zero-order chi connectivity index (χ0) is 17.2. The predicted molar refractivity (Wildman–Crippen MR) is 90.4 cm³/mol. The molecule has 0 aromatic heterocycles. The number of hydrogen-bond donors (Lipinski definition) is 1. The van der Waals surface area contributed by atoms with Crippen LogP contribution in [0.5, 0.6) is 0 Å². The Hall–Kier alpha value is -1.63. The summed E-state index contributed by atoms with van der Waals surface area (Å²) in [6, 6.07) is 4.57.